The van der Waals surface area contributed by atoms with E-state index in [0.717, 1.165) is 0 Å². The summed E-state index contributed by atoms with van der Waals surface area (Å²) < 4.78 is 17.5. The molecule has 31 heavy (non-hydrogen) atoms. The second kappa shape index (κ2) is 9.04. The number of ether oxygens (including phenoxy) is 2. The van der Waals surface area contributed by atoms with Crippen molar-refractivity contribution < 1.29 is 23.7 Å². The van der Waals surface area contributed by atoms with Gasteiger partial charge in [-0.25, -0.2) is 4.63 Å². The summed E-state index contributed by atoms with van der Waals surface area (Å²) in [4.78, 5) is 23.8. The van der Waals surface area contributed by atoms with E-state index in [1.165, 1.54) is 18.7 Å². The van der Waals surface area contributed by atoms with Crippen LogP contribution in [0.1, 0.15) is 13.8 Å². The molecule has 0 atom stereocenters. The number of nitrogens with zero attached hydrogens (tertiary/aromatic N) is 5. The van der Waals surface area contributed by atoms with E-state index in [4.69, 9.17) is 14.1 Å². The van der Waals surface area contributed by atoms with E-state index >= 15 is 0 Å². The smallest absolute Gasteiger partial charge is 0.234 e. The van der Waals surface area contributed by atoms with Gasteiger partial charge in [0.05, 0.1) is 5.75 Å². The number of rotatable bonds is 7. The van der Waals surface area contributed by atoms with E-state index in [9.17, 15) is 9.59 Å². The second-order valence-corrected chi connectivity index (χ2v) is 7.33. The highest BCUT2D eigenvalue weighted by atomic mass is 32.2. The summed E-state index contributed by atoms with van der Waals surface area (Å²) in [5.41, 5.74) is 0.873. The van der Waals surface area contributed by atoms with E-state index in [1.54, 1.807) is 22.8 Å². The number of carbonyl (C=O) groups is 2. The quantitative estimate of drug-likeness (QED) is 0.516. The molecule has 12 nitrogen and oxygen atoms in total. The monoisotopic (exact) mass is 445 g/mol. The molecule has 2 N–H and O–H groups in total. The van der Waals surface area contributed by atoms with Crippen molar-refractivity contribution in [1.82, 2.24) is 25.1 Å². The lowest BCUT2D eigenvalue weighted by atomic mass is 10.2. The van der Waals surface area contributed by atoms with Crippen molar-refractivity contribution >= 4 is 35.1 Å². The third-order valence-corrected chi connectivity index (χ3v) is 5.15. The molecule has 0 saturated carbocycles. The van der Waals surface area contributed by atoms with Crippen molar-refractivity contribution in [3.05, 3.63) is 18.2 Å². The summed E-state index contributed by atoms with van der Waals surface area (Å²) in [6.45, 7) is 4.75. The molecular weight excluding hydrogens is 426 g/mol. The van der Waals surface area contributed by atoms with Crippen molar-refractivity contribution in [2.24, 2.45) is 0 Å². The first-order valence-electron chi connectivity index (χ1n) is 9.41. The maximum Gasteiger partial charge on any atom is 0.234 e. The van der Waals surface area contributed by atoms with Crippen molar-refractivity contribution in [2.45, 2.75) is 25.5 Å². The molecule has 1 aliphatic heterocycles. The van der Waals surface area contributed by atoms with Gasteiger partial charge in [0.2, 0.25) is 17.6 Å². The van der Waals surface area contributed by atoms with Crippen LogP contribution in [0.2, 0.25) is 0 Å². The minimum absolute atomic E-state index is 0.113. The van der Waals surface area contributed by atoms with Crippen molar-refractivity contribution in [1.29, 1.82) is 0 Å². The standard InChI is InChI=1S/C18H19N7O5S/c1-3-25-17(15-16(19-10(2)26)24-30-23-15)21-22-18(25)31-9-14(27)20-11-4-5-12-13(8-11)29-7-6-28-12/h4-5,8H,3,6-7,9H2,1-2H3,(H,20,27)(H,19,24,26). The SMILES string of the molecule is CCn1c(SCC(=O)Nc2ccc3c(c2)OCCO3)nnc1-c1nonc1NC(C)=O. The van der Waals surface area contributed by atoms with Crippen LogP contribution < -0.4 is 20.1 Å². The van der Waals surface area contributed by atoms with Crippen LogP contribution in [0.4, 0.5) is 11.5 Å². The van der Waals surface area contributed by atoms with E-state index in [0.29, 0.717) is 47.9 Å². The lowest BCUT2D eigenvalue weighted by molar-refractivity contribution is -0.114. The first-order chi connectivity index (χ1) is 15.0. The Labute approximate surface area is 180 Å². The molecule has 0 unspecified atom stereocenters. The Morgan fingerprint density at radius 2 is 1.94 bits per heavy atom. The van der Waals surface area contributed by atoms with Gasteiger partial charge in [-0.3, -0.25) is 9.59 Å². The summed E-state index contributed by atoms with van der Waals surface area (Å²) in [5.74, 6) is 1.37. The van der Waals surface area contributed by atoms with Gasteiger partial charge < -0.3 is 24.7 Å². The number of nitrogens with one attached hydrogen (secondary N) is 2. The van der Waals surface area contributed by atoms with Gasteiger partial charge in [-0.2, -0.15) is 0 Å². The van der Waals surface area contributed by atoms with Crippen LogP contribution in [-0.4, -0.2) is 55.9 Å². The molecule has 13 heteroatoms. The van der Waals surface area contributed by atoms with Gasteiger partial charge >= 0.3 is 0 Å². The fourth-order valence-electron chi connectivity index (χ4n) is 2.89. The summed E-state index contributed by atoms with van der Waals surface area (Å²) in [6, 6.07) is 5.24. The summed E-state index contributed by atoms with van der Waals surface area (Å²) >= 11 is 1.22. The van der Waals surface area contributed by atoms with Gasteiger partial charge in [-0.15, -0.1) is 10.2 Å². The van der Waals surface area contributed by atoms with Gasteiger partial charge in [0.1, 0.15) is 13.2 Å². The number of aromatic nitrogens is 5. The van der Waals surface area contributed by atoms with Gasteiger partial charge in [-0.05, 0) is 29.4 Å². The molecule has 0 fully saturated rings. The van der Waals surface area contributed by atoms with Gasteiger partial charge in [0, 0.05) is 25.2 Å². The fraction of sp³-hybridized carbons (Fsp3) is 0.333. The molecule has 1 aliphatic rings. The lowest BCUT2D eigenvalue weighted by Crippen LogP contribution is -2.17. The van der Waals surface area contributed by atoms with Crippen LogP contribution in [0.5, 0.6) is 11.5 Å². The zero-order chi connectivity index (χ0) is 21.8. The molecule has 0 aliphatic carbocycles. The molecule has 4 rings (SSSR count). The summed E-state index contributed by atoms with van der Waals surface area (Å²) in [5, 5.41) is 21.6. The fourth-order valence-corrected chi connectivity index (χ4v) is 3.69. The average molecular weight is 445 g/mol. The summed E-state index contributed by atoms with van der Waals surface area (Å²) in [6.07, 6.45) is 0. The van der Waals surface area contributed by atoms with Crippen molar-refractivity contribution in [3.8, 4) is 23.0 Å². The third kappa shape index (κ3) is 4.60. The molecule has 0 radical (unpaired) electrons. The van der Waals surface area contributed by atoms with Crippen LogP contribution in [0, 0.1) is 0 Å². The molecule has 1 aromatic carbocycles. The highest BCUT2D eigenvalue weighted by Gasteiger charge is 2.22. The van der Waals surface area contributed by atoms with Crippen LogP contribution in [0.25, 0.3) is 11.5 Å². The van der Waals surface area contributed by atoms with E-state index in [-0.39, 0.29) is 29.1 Å². The largest absolute Gasteiger partial charge is 0.486 e. The maximum atomic E-state index is 12.4. The molecule has 0 bridgehead atoms. The Bertz CT molecular complexity index is 1110. The Hall–Kier alpha value is -3.61. The van der Waals surface area contributed by atoms with Gasteiger partial charge in [-0.1, -0.05) is 11.8 Å². The molecule has 2 aromatic heterocycles. The maximum absolute atomic E-state index is 12.4. The molecule has 0 spiro atoms. The molecule has 2 amide bonds. The summed E-state index contributed by atoms with van der Waals surface area (Å²) in [7, 11) is 0. The second-order valence-electron chi connectivity index (χ2n) is 6.39. The number of benzene rings is 1. The molecule has 162 valence electrons. The highest BCUT2D eigenvalue weighted by molar-refractivity contribution is 7.99. The lowest BCUT2D eigenvalue weighted by Gasteiger charge is -2.19. The van der Waals surface area contributed by atoms with Crippen LogP contribution >= 0.6 is 11.8 Å². The molecule has 0 saturated heterocycles. The minimum Gasteiger partial charge on any atom is -0.486 e. The molecule has 3 aromatic rings. The molecule has 3 heterocycles. The Balaban J connectivity index is 1.43. The van der Waals surface area contributed by atoms with Crippen LogP contribution in [-0.2, 0) is 16.1 Å². The Morgan fingerprint density at radius 3 is 2.71 bits per heavy atom. The number of fused-ring (bicyclic) bond motifs is 1. The van der Waals surface area contributed by atoms with Gasteiger partial charge in [0.15, 0.2) is 28.2 Å². The zero-order valence-corrected chi connectivity index (χ0v) is 17.6. The topological polar surface area (TPSA) is 146 Å². The number of amides is 2. The highest BCUT2D eigenvalue weighted by Crippen LogP contribution is 2.33. The number of carbonyl (C=O) groups excluding carboxylic acids is 2. The minimum atomic E-state index is -0.315. The first kappa shape index (κ1) is 20.7. The average Bonchev–Trinajstić information content (AvgIpc) is 3.37. The Morgan fingerprint density at radius 1 is 1.13 bits per heavy atom. The zero-order valence-electron chi connectivity index (χ0n) is 16.7. The van der Waals surface area contributed by atoms with E-state index in [1.807, 2.05) is 6.92 Å². The normalized spacial score (nSPS) is 12.5. The van der Waals surface area contributed by atoms with E-state index in [2.05, 4.69) is 31.1 Å². The predicted molar refractivity (Wildman–Crippen MR) is 110 cm³/mol. The van der Waals surface area contributed by atoms with E-state index < -0.39 is 0 Å². The third-order valence-electron chi connectivity index (χ3n) is 4.19. The number of hydrogen-bond donors (Lipinski definition) is 2. The van der Waals surface area contributed by atoms with Gasteiger partial charge in [0.25, 0.3) is 0 Å². The Kier molecular flexibility index (Phi) is 6.02. The van der Waals surface area contributed by atoms with Crippen LogP contribution in [0.15, 0.2) is 28.0 Å². The molecular formula is C18H19N7O5S. The van der Waals surface area contributed by atoms with Crippen molar-refractivity contribution in [3.63, 3.8) is 0 Å². The van der Waals surface area contributed by atoms with Crippen LogP contribution in [0.3, 0.4) is 0 Å². The number of thioether (sulfide) groups is 1. The predicted octanol–water partition coefficient (Wildman–Crippen LogP) is 1.81. The number of anilines is 2. The van der Waals surface area contributed by atoms with Crippen molar-refractivity contribution in [2.75, 3.05) is 29.6 Å². The first-order valence-corrected chi connectivity index (χ1v) is 10.4. The number of hydrogen-bond acceptors (Lipinski definition) is 10.